The van der Waals surface area contributed by atoms with Crippen LogP contribution >= 0.6 is 0 Å². The molecule has 1 unspecified atom stereocenters. The Hall–Kier alpha value is -0.747. The van der Waals surface area contributed by atoms with Crippen LogP contribution in [0.15, 0.2) is 69.0 Å². The van der Waals surface area contributed by atoms with Gasteiger partial charge in [-0.3, -0.25) is 0 Å². The van der Waals surface area contributed by atoms with Crippen molar-refractivity contribution in [1.29, 1.82) is 0 Å². The molecule has 1 saturated carbocycles. The molecule has 0 heterocycles. The van der Waals surface area contributed by atoms with Crippen LogP contribution in [0.2, 0.25) is 0 Å². The Morgan fingerprint density at radius 1 is 0.824 bits per heavy atom. The van der Waals surface area contributed by atoms with Crippen LogP contribution in [-0.2, 0) is 21.3 Å². The molecular formula is C31H38Cl2Zr. The van der Waals surface area contributed by atoms with Gasteiger partial charge in [-0.05, 0) is 0 Å². The van der Waals surface area contributed by atoms with E-state index in [0.717, 1.165) is 0 Å². The molecular weight excluding hydrogens is 534 g/mol. The van der Waals surface area contributed by atoms with Crippen molar-refractivity contribution in [3.63, 3.8) is 0 Å². The first-order valence-corrected chi connectivity index (χ1v) is 16.7. The summed E-state index contributed by atoms with van der Waals surface area (Å²) in [6.07, 6.45) is 10.9. The summed E-state index contributed by atoms with van der Waals surface area (Å²) >= 11 is -2.19. The predicted octanol–water partition coefficient (Wildman–Crippen LogP) is 2.81. The van der Waals surface area contributed by atoms with Crippen molar-refractivity contribution >= 4 is 3.21 Å². The molecule has 0 radical (unpaired) electrons. The Kier molecular flexibility index (Phi) is 9.09. The molecule has 0 bridgehead atoms. The van der Waals surface area contributed by atoms with Gasteiger partial charge in [0.15, 0.2) is 0 Å². The van der Waals surface area contributed by atoms with Crippen molar-refractivity contribution < 1.29 is 46.1 Å². The molecule has 2 aromatic rings. The molecule has 5 rings (SSSR count). The van der Waals surface area contributed by atoms with E-state index in [4.69, 9.17) is 0 Å². The minimum absolute atomic E-state index is 0. The zero-order valence-electron chi connectivity index (χ0n) is 21.3. The zero-order chi connectivity index (χ0) is 22.5. The van der Waals surface area contributed by atoms with Crippen LogP contribution < -0.4 is 24.8 Å². The summed E-state index contributed by atoms with van der Waals surface area (Å²) in [6, 6.07) is 18.7. The fourth-order valence-corrected chi connectivity index (χ4v) is 17.2. The second-order valence-corrected chi connectivity index (χ2v) is 17.6. The summed E-state index contributed by atoms with van der Waals surface area (Å²) in [5, 5.41) is 0. The van der Waals surface area contributed by atoms with E-state index in [9.17, 15) is 0 Å². The summed E-state index contributed by atoms with van der Waals surface area (Å²) in [4.78, 5) is 0. The SMILES string of the molecule is CCC1=[C]([Zr+2](=[C]2CCCCC2)[CH]2c3ccccc3-c3ccccc32)C(C)C=C1C(C)(C)C.[Cl-].[Cl-]. The Morgan fingerprint density at radius 2 is 1.35 bits per heavy atom. The van der Waals surface area contributed by atoms with E-state index in [-0.39, 0.29) is 30.2 Å². The number of fused-ring (bicyclic) bond motifs is 3. The van der Waals surface area contributed by atoms with E-state index < -0.39 is 21.3 Å². The smallest absolute Gasteiger partial charge is 1.00 e. The second kappa shape index (κ2) is 11.1. The van der Waals surface area contributed by atoms with Crippen molar-refractivity contribution in [2.75, 3.05) is 0 Å². The molecule has 0 aliphatic heterocycles. The van der Waals surface area contributed by atoms with Gasteiger partial charge >= 0.3 is 204 Å². The van der Waals surface area contributed by atoms with Crippen molar-refractivity contribution in [3.8, 4) is 11.1 Å². The molecule has 3 aliphatic rings. The largest absolute Gasteiger partial charge is 1.00 e. The van der Waals surface area contributed by atoms with Gasteiger partial charge in [0.05, 0.1) is 0 Å². The molecule has 0 nitrogen and oxygen atoms in total. The maximum atomic E-state index is 2.66. The van der Waals surface area contributed by atoms with Crippen LogP contribution in [0.4, 0.5) is 0 Å². The molecule has 34 heavy (non-hydrogen) atoms. The molecule has 180 valence electrons. The van der Waals surface area contributed by atoms with Gasteiger partial charge in [0, 0.05) is 0 Å². The average Bonchev–Trinajstić information content (AvgIpc) is 3.31. The number of allylic oxidation sites excluding steroid dienone is 4. The van der Waals surface area contributed by atoms with Gasteiger partial charge < -0.3 is 24.8 Å². The van der Waals surface area contributed by atoms with Crippen LogP contribution in [0.1, 0.15) is 87.9 Å². The maximum absolute atomic E-state index is 2.66. The van der Waals surface area contributed by atoms with E-state index in [0.29, 0.717) is 9.54 Å². The van der Waals surface area contributed by atoms with Gasteiger partial charge in [-0.1, -0.05) is 0 Å². The summed E-state index contributed by atoms with van der Waals surface area (Å²) in [5.74, 6) is 0.614. The molecule has 1 fully saturated rings. The summed E-state index contributed by atoms with van der Waals surface area (Å²) in [6.45, 7) is 12.2. The third-order valence-electron chi connectivity index (χ3n) is 7.93. The van der Waals surface area contributed by atoms with Crippen molar-refractivity contribution in [2.45, 2.75) is 76.8 Å². The molecule has 3 heteroatoms. The molecule has 0 aromatic heterocycles. The fourth-order valence-electron chi connectivity index (χ4n) is 6.61. The van der Waals surface area contributed by atoms with Crippen molar-refractivity contribution in [2.24, 2.45) is 11.3 Å². The van der Waals surface area contributed by atoms with Crippen molar-refractivity contribution in [1.82, 2.24) is 0 Å². The van der Waals surface area contributed by atoms with Crippen LogP contribution in [0, 0.1) is 11.3 Å². The van der Waals surface area contributed by atoms with Crippen LogP contribution in [0.5, 0.6) is 0 Å². The number of hydrogen-bond donors (Lipinski definition) is 0. The molecule has 0 spiro atoms. The molecule has 0 amide bonds. The van der Waals surface area contributed by atoms with Crippen LogP contribution in [-0.4, -0.2) is 3.21 Å². The molecule has 0 N–H and O–H groups in total. The zero-order valence-corrected chi connectivity index (χ0v) is 25.3. The summed E-state index contributed by atoms with van der Waals surface area (Å²) in [7, 11) is 0. The van der Waals surface area contributed by atoms with Gasteiger partial charge in [0.1, 0.15) is 0 Å². The quantitative estimate of drug-likeness (QED) is 0.531. The Bertz CT molecular complexity index is 1090. The van der Waals surface area contributed by atoms with E-state index in [2.05, 4.69) is 89.2 Å². The molecule has 0 saturated heterocycles. The standard InChI is InChI=1S/C13H9.C12H19.C6H10.2ClH.Zr/c1-3-7-12-10(5-1)9-11-6-2-4-8-13(11)12;1-6-10-7-9(2)8-11(10)12(3,4)5;1-2-4-6-5-3-1;;;/h1-9H;8-9H,6H2,1-5H3;1-5H2;2*1H;/q;;;;;+2/p-2. The summed E-state index contributed by atoms with van der Waals surface area (Å²) in [5.41, 5.74) is 9.93. The van der Waals surface area contributed by atoms with Crippen molar-refractivity contribution in [3.05, 3.63) is 80.2 Å². The van der Waals surface area contributed by atoms with E-state index in [1.54, 1.807) is 22.3 Å². The molecule has 1 atom stereocenters. The first kappa shape index (κ1) is 27.8. The normalized spacial score (nSPS) is 19.5. The Labute approximate surface area is 227 Å². The fraction of sp³-hybridized carbons (Fsp3) is 0.452. The van der Waals surface area contributed by atoms with Gasteiger partial charge in [0.2, 0.25) is 0 Å². The van der Waals surface area contributed by atoms with Gasteiger partial charge in [0.25, 0.3) is 0 Å². The Morgan fingerprint density at radius 3 is 1.85 bits per heavy atom. The summed E-state index contributed by atoms with van der Waals surface area (Å²) < 4.78 is 4.62. The monoisotopic (exact) mass is 570 g/mol. The third kappa shape index (κ3) is 4.79. The third-order valence-corrected chi connectivity index (χ3v) is 17.3. The van der Waals surface area contributed by atoms with Gasteiger partial charge in [-0.15, -0.1) is 0 Å². The average molecular weight is 573 g/mol. The number of rotatable bonds is 3. The van der Waals surface area contributed by atoms with Crippen LogP contribution in [0.3, 0.4) is 0 Å². The van der Waals surface area contributed by atoms with E-state index >= 15 is 0 Å². The van der Waals surface area contributed by atoms with E-state index in [1.165, 1.54) is 49.7 Å². The van der Waals surface area contributed by atoms with E-state index in [1.807, 2.05) is 6.49 Å². The topological polar surface area (TPSA) is 0 Å². The first-order chi connectivity index (χ1) is 15.4. The number of benzene rings is 2. The van der Waals surface area contributed by atoms with Crippen LogP contribution in [0.25, 0.3) is 11.1 Å². The Balaban J connectivity index is 0.00000162. The maximum Gasteiger partial charge on any atom is -1.00 e. The second-order valence-electron chi connectivity index (χ2n) is 11.1. The number of halogens is 2. The van der Waals surface area contributed by atoms with Gasteiger partial charge in [-0.25, -0.2) is 0 Å². The van der Waals surface area contributed by atoms with Gasteiger partial charge in [-0.2, -0.15) is 0 Å². The minimum Gasteiger partial charge on any atom is -1.00 e. The predicted molar refractivity (Wildman–Crippen MR) is 136 cm³/mol. The minimum atomic E-state index is -2.19. The molecule has 2 aromatic carbocycles. The first-order valence-electron chi connectivity index (χ1n) is 12.8. The number of hydrogen-bond acceptors (Lipinski definition) is 0. The molecule has 3 aliphatic carbocycles.